The van der Waals surface area contributed by atoms with Gasteiger partial charge in [-0.25, -0.2) is 4.98 Å². The summed E-state index contributed by atoms with van der Waals surface area (Å²) in [5, 5.41) is 1.10. The van der Waals surface area contributed by atoms with Gasteiger partial charge in [-0.3, -0.25) is 0 Å². The number of hydrogen-bond acceptors (Lipinski definition) is 4. The fraction of sp³-hybridized carbons (Fsp3) is 0.167. The Bertz CT molecular complexity index is 1120. The van der Waals surface area contributed by atoms with Gasteiger partial charge in [0.1, 0.15) is 5.82 Å². The summed E-state index contributed by atoms with van der Waals surface area (Å²) in [5.74, 6) is 1.73. The highest BCUT2D eigenvalue weighted by molar-refractivity contribution is 5.91. The first-order valence-corrected chi connectivity index (χ1v) is 9.67. The van der Waals surface area contributed by atoms with Crippen LogP contribution in [0.5, 0.6) is 0 Å². The van der Waals surface area contributed by atoms with Crippen LogP contribution >= 0.6 is 0 Å². The molecular formula is C24H22N4. The van der Waals surface area contributed by atoms with Gasteiger partial charge in [-0.05, 0) is 41.8 Å². The van der Waals surface area contributed by atoms with Crippen LogP contribution in [0.3, 0.4) is 0 Å². The number of hydrogen-bond donors (Lipinski definition) is 0. The van der Waals surface area contributed by atoms with E-state index in [9.17, 15) is 0 Å². The Morgan fingerprint density at radius 3 is 2.36 bits per heavy atom. The second-order valence-electron chi connectivity index (χ2n) is 7.20. The number of para-hydroxylation sites is 2. The molecule has 4 nitrogen and oxygen atoms in total. The van der Waals surface area contributed by atoms with Crippen LogP contribution in [0.2, 0.25) is 0 Å². The molecule has 138 valence electrons. The fourth-order valence-electron chi connectivity index (χ4n) is 3.88. The summed E-state index contributed by atoms with van der Waals surface area (Å²) in [6.45, 7) is 1.85. The number of rotatable bonds is 3. The minimum atomic E-state index is 0.721. The lowest BCUT2D eigenvalue weighted by Crippen LogP contribution is -2.31. The topological polar surface area (TPSA) is 32.3 Å². The summed E-state index contributed by atoms with van der Waals surface area (Å²) in [7, 11) is 2.02. The molecule has 1 aliphatic heterocycles. The minimum Gasteiger partial charge on any atom is -0.351 e. The summed E-state index contributed by atoms with van der Waals surface area (Å²) >= 11 is 0. The molecule has 0 radical (unpaired) electrons. The fourth-order valence-corrected chi connectivity index (χ4v) is 3.88. The molecule has 5 rings (SSSR count). The maximum Gasteiger partial charge on any atom is 0.232 e. The van der Waals surface area contributed by atoms with Gasteiger partial charge >= 0.3 is 0 Å². The molecule has 1 aliphatic rings. The normalized spacial score (nSPS) is 13.4. The molecule has 0 saturated heterocycles. The molecule has 0 saturated carbocycles. The van der Waals surface area contributed by atoms with Crippen molar-refractivity contribution in [2.45, 2.75) is 13.0 Å². The molecule has 1 aromatic heterocycles. The zero-order valence-corrected chi connectivity index (χ0v) is 15.9. The first-order valence-electron chi connectivity index (χ1n) is 9.67. The van der Waals surface area contributed by atoms with Gasteiger partial charge in [0.25, 0.3) is 0 Å². The molecule has 0 spiro atoms. The van der Waals surface area contributed by atoms with E-state index in [0.717, 1.165) is 47.9 Å². The van der Waals surface area contributed by atoms with E-state index >= 15 is 0 Å². The first-order chi connectivity index (χ1) is 13.8. The summed E-state index contributed by atoms with van der Waals surface area (Å²) in [6.07, 6.45) is 1.04. The minimum absolute atomic E-state index is 0.721. The Hall–Kier alpha value is -3.40. The zero-order valence-electron chi connectivity index (χ0n) is 15.9. The quantitative estimate of drug-likeness (QED) is 0.513. The first kappa shape index (κ1) is 16.8. The van der Waals surface area contributed by atoms with Crippen LogP contribution in [0.1, 0.15) is 11.1 Å². The Morgan fingerprint density at radius 1 is 0.786 bits per heavy atom. The van der Waals surface area contributed by atoms with E-state index in [1.807, 2.05) is 36.2 Å². The van der Waals surface area contributed by atoms with Gasteiger partial charge in [-0.1, -0.05) is 54.6 Å². The summed E-state index contributed by atoms with van der Waals surface area (Å²) in [5.41, 5.74) is 4.88. The van der Waals surface area contributed by atoms with Crippen LogP contribution in [0, 0.1) is 0 Å². The van der Waals surface area contributed by atoms with E-state index in [2.05, 4.69) is 59.5 Å². The predicted octanol–water partition coefficient (Wildman–Crippen LogP) is 4.96. The third-order valence-corrected chi connectivity index (χ3v) is 5.44. The largest absolute Gasteiger partial charge is 0.351 e. The Kier molecular flexibility index (Phi) is 4.17. The monoisotopic (exact) mass is 366 g/mol. The average Bonchev–Trinajstić information content (AvgIpc) is 2.78. The Morgan fingerprint density at radius 2 is 1.50 bits per heavy atom. The van der Waals surface area contributed by atoms with Crippen LogP contribution in [0.15, 0.2) is 78.9 Å². The van der Waals surface area contributed by atoms with E-state index in [1.54, 1.807) is 0 Å². The number of benzene rings is 3. The third-order valence-electron chi connectivity index (χ3n) is 5.44. The van der Waals surface area contributed by atoms with Gasteiger partial charge in [-0.2, -0.15) is 4.98 Å². The molecule has 3 aromatic carbocycles. The van der Waals surface area contributed by atoms with Gasteiger partial charge in [0.05, 0.1) is 5.52 Å². The van der Waals surface area contributed by atoms with E-state index in [4.69, 9.17) is 9.97 Å². The summed E-state index contributed by atoms with van der Waals surface area (Å²) in [4.78, 5) is 14.3. The second kappa shape index (κ2) is 6.97. The second-order valence-corrected chi connectivity index (χ2v) is 7.20. The lowest BCUT2D eigenvalue weighted by atomic mass is 10.00. The number of anilines is 3. The molecule has 0 unspecified atom stereocenters. The van der Waals surface area contributed by atoms with Gasteiger partial charge in [0.15, 0.2) is 0 Å². The average molecular weight is 366 g/mol. The smallest absolute Gasteiger partial charge is 0.232 e. The highest BCUT2D eigenvalue weighted by Gasteiger charge is 2.21. The number of fused-ring (bicyclic) bond motifs is 2. The molecule has 0 fully saturated rings. The standard InChI is InChI=1S/C24H22N4/c1-27(20-11-3-2-4-12-20)24-25-22-14-8-7-13-21(22)23(26-24)28-16-15-18-9-5-6-10-19(18)17-28/h2-14H,15-17H2,1H3. The van der Waals surface area contributed by atoms with Crippen LogP contribution in [-0.4, -0.2) is 23.6 Å². The molecule has 0 aliphatic carbocycles. The van der Waals surface area contributed by atoms with Gasteiger partial charge in [-0.15, -0.1) is 0 Å². The highest BCUT2D eigenvalue weighted by Crippen LogP contribution is 2.31. The van der Waals surface area contributed by atoms with Crippen molar-refractivity contribution in [3.63, 3.8) is 0 Å². The summed E-state index contributed by atoms with van der Waals surface area (Å²) in [6, 6.07) is 27.3. The SMILES string of the molecule is CN(c1ccccc1)c1nc(N2CCc3ccccc3C2)c2ccccc2n1. The van der Waals surface area contributed by atoms with Crippen molar-refractivity contribution in [3.05, 3.63) is 90.0 Å². The van der Waals surface area contributed by atoms with Gasteiger partial charge < -0.3 is 9.80 Å². The van der Waals surface area contributed by atoms with Crippen molar-refractivity contribution < 1.29 is 0 Å². The highest BCUT2D eigenvalue weighted by atomic mass is 15.3. The Balaban J connectivity index is 1.60. The van der Waals surface area contributed by atoms with E-state index in [-0.39, 0.29) is 0 Å². The van der Waals surface area contributed by atoms with Gasteiger partial charge in [0, 0.05) is 31.2 Å². The third kappa shape index (κ3) is 2.97. The summed E-state index contributed by atoms with van der Waals surface area (Å²) < 4.78 is 0. The van der Waals surface area contributed by atoms with Crippen molar-refractivity contribution in [3.8, 4) is 0 Å². The molecule has 2 heterocycles. The van der Waals surface area contributed by atoms with Crippen LogP contribution in [0.25, 0.3) is 10.9 Å². The van der Waals surface area contributed by atoms with Crippen molar-refractivity contribution in [1.29, 1.82) is 0 Å². The predicted molar refractivity (Wildman–Crippen MR) is 115 cm³/mol. The zero-order chi connectivity index (χ0) is 18.9. The van der Waals surface area contributed by atoms with E-state index in [1.165, 1.54) is 11.1 Å². The van der Waals surface area contributed by atoms with Crippen LogP contribution in [0.4, 0.5) is 17.5 Å². The molecule has 0 amide bonds. The molecule has 4 heteroatoms. The van der Waals surface area contributed by atoms with Crippen molar-refractivity contribution in [2.24, 2.45) is 0 Å². The van der Waals surface area contributed by atoms with E-state index in [0.29, 0.717) is 0 Å². The molecule has 0 atom stereocenters. The lowest BCUT2D eigenvalue weighted by Gasteiger charge is -2.31. The van der Waals surface area contributed by atoms with E-state index < -0.39 is 0 Å². The molecular weight excluding hydrogens is 344 g/mol. The van der Waals surface area contributed by atoms with Gasteiger partial charge in [0.2, 0.25) is 5.95 Å². The van der Waals surface area contributed by atoms with Crippen molar-refractivity contribution in [2.75, 3.05) is 23.4 Å². The lowest BCUT2D eigenvalue weighted by molar-refractivity contribution is 0.723. The molecule has 0 N–H and O–H groups in total. The molecule has 28 heavy (non-hydrogen) atoms. The van der Waals surface area contributed by atoms with Crippen molar-refractivity contribution >= 4 is 28.4 Å². The van der Waals surface area contributed by atoms with Crippen LogP contribution < -0.4 is 9.80 Å². The Labute approximate surface area is 165 Å². The maximum absolute atomic E-state index is 5.01. The molecule has 0 bridgehead atoms. The number of aromatic nitrogens is 2. The van der Waals surface area contributed by atoms with Crippen molar-refractivity contribution in [1.82, 2.24) is 9.97 Å². The molecule has 4 aromatic rings. The van der Waals surface area contributed by atoms with Crippen LogP contribution in [-0.2, 0) is 13.0 Å². The number of nitrogens with zero attached hydrogens (tertiary/aromatic N) is 4. The maximum atomic E-state index is 5.01.